The molecule has 0 amide bonds. The minimum atomic E-state index is -4.33. The van der Waals surface area contributed by atoms with Gasteiger partial charge in [-0.2, -0.15) is 24.5 Å². The summed E-state index contributed by atoms with van der Waals surface area (Å²) in [5.74, 6) is 4.91. The van der Waals surface area contributed by atoms with E-state index in [1.165, 1.54) is 5.38 Å². The summed E-state index contributed by atoms with van der Waals surface area (Å²) in [5.41, 5.74) is 4.63. The normalized spacial score (nSPS) is 13.2. The van der Waals surface area contributed by atoms with Crippen LogP contribution < -0.4 is 5.73 Å². The maximum absolute atomic E-state index is 12.3. The van der Waals surface area contributed by atoms with E-state index in [9.17, 15) is 13.2 Å². The van der Waals surface area contributed by atoms with Crippen molar-refractivity contribution in [3.8, 4) is 11.8 Å². The average molecular weight is 219 g/mol. The van der Waals surface area contributed by atoms with Crippen molar-refractivity contribution >= 4 is 11.3 Å². The number of halogens is 3. The third-order valence-corrected chi connectivity index (χ3v) is 2.15. The van der Waals surface area contributed by atoms with Gasteiger partial charge in [0.15, 0.2) is 0 Å². The molecule has 5 heteroatoms. The molecule has 0 aliphatic carbocycles. The highest BCUT2D eigenvalue weighted by Gasteiger charge is 2.33. The van der Waals surface area contributed by atoms with E-state index in [-0.39, 0.29) is 5.56 Å². The molecule has 0 radical (unpaired) electrons. The molecule has 1 heterocycles. The van der Waals surface area contributed by atoms with Gasteiger partial charge in [0.05, 0.1) is 11.6 Å². The maximum Gasteiger partial charge on any atom is 0.418 e. The van der Waals surface area contributed by atoms with Crippen LogP contribution in [0.2, 0.25) is 0 Å². The van der Waals surface area contributed by atoms with Crippen LogP contribution in [-0.2, 0) is 6.18 Å². The van der Waals surface area contributed by atoms with Gasteiger partial charge >= 0.3 is 6.18 Å². The van der Waals surface area contributed by atoms with Crippen LogP contribution in [0.4, 0.5) is 13.2 Å². The van der Waals surface area contributed by atoms with Crippen LogP contribution in [0.25, 0.3) is 0 Å². The van der Waals surface area contributed by atoms with Crippen molar-refractivity contribution in [1.82, 2.24) is 0 Å². The molecule has 1 unspecified atom stereocenters. The summed E-state index contributed by atoms with van der Waals surface area (Å²) in [5, 5.41) is 2.42. The van der Waals surface area contributed by atoms with Crippen molar-refractivity contribution in [3.63, 3.8) is 0 Å². The summed E-state index contributed by atoms with van der Waals surface area (Å²) in [6.07, 6.45) is -4.33. The first-order valence-electron chi connectivity index (χ1n) is 3.82. The second-order valence-corrected chi connectivity index (χ2v) is 3.50. The van der Waals surface area contributed by atoms with Gasteiger partial charge in [0.2, 0.25) is 0 Å². The summed E-state index contributed by atoms with van der Waals surface area (Å²) in [7, 11) is 0. The largest absolute Gasteiger partial charge is 0.418 e. The van der Waals surface area contributed by atoms with Gasteiger partial charge in [-0.3, -0.25) is 0 Å². The fourth-order valence-electron chi connectivity index (χ4n) is 0.805. The van der Waals surface area contributed by atoms with Crippen molar-refractivity contribution in [2.24, 2.45) is 5.73 Å². The lowest BCUT2D eigenvalue weighted by Crippen LogP contribution is -2.11. The quantitative estimate of drug-likeness (QED) is 0.666. The van der Waals surface area contributed by atoms with E-state index >= 15 is 0 Å². The van der Waals surface area contributed by atoms with Gasteiger partial charge in [-0.15, -0.1) is 0 Å². The first kappa shape index (κ1) is 11.1. The Kier molecular flexibility index (Phi) is 3.19. The van der Waals surface area contributed by atoms with Crippen LogP contribution in [0.5, 0.6) is 0 Å². The predicted octanol–water partition coefficient (Wildman–Crippen LogP) is 2.47. The Bertz CT molecular complexity index is 367. The van der Waals surface area contributed by atoms with Crippen molar-refractivity contribution in [2.75, 3.05) is 0 Å². The second kappa shape index (κ2) is 4.03. The topological polar surface area (TPSA) is 26.0 Å². The van der Waals surface area contributed by atoms with E-state index in [0.717, 1.165) is 16.7 Å². The maximum atomic E-state index is 12.3. The Labute approximate surface area is 83.7 Å². The molecule has 1 atom stereocenters. The van der Waals surface area contributed by atoms with Gasteiger partial charge < -0.3 is 5.73 Å². The first-order chi connectivity index (χ1) is 6.41. The Balaban J connectivity index is 3.02. The van der Waals surface area contributed by atoms with Gasteiger partial charge in [0, 0.05) is 16.3 Å². The van der Waals surface area contributed by atoms with Crippen molar-refractivity contribution in [3.05, 3.63) is 21.9 Å². The number of hydrogen-bond donors (Lipinski definition) is 1. The fourth-order valence-corrected chi connectivity index (χ4v) is 1.59. The summed E-state index contributed by atoms with van der Waals surface area (Å²) >= 11 is 0.981. The van der Waals surface area contributed by atoms with E-state index in [0.29, 0.717) is 0 Å². The standard InChI is InChI=1S/C9H8F3NS/c1-6(13)2-3-7-4-14-5-8(7)9(10,11)12/h4-6H,13H2,1H3. The summed E-state index contributed by atoms with van der Waals surface area (Å²) < 4.78 is 36.9. The minimum Gasteiger partial charge on any atom is -0.318 e. The Hall–Kier alpha value is -0.990. The van der Waals surface area contributed by atoms with Crippen molar-refractivity contribution in [1.29, 1.82) is 0 Å². The molecule has 76 valence electrons. The number of nitrogens with two attached hydrogens (primary N) is 1. The first-order valence-corrected chi connectivity index (χ1v) is 4.76. The highest BCUT2D eigenvalue weighted by atomic mass is 32.1. The smallest absolute Gasteiger partial charge is 0.318 e. The number of rotatable bonds is 0. The lowest BCUT2D eigenvalue weighted by atomic mass is 10.2. The van der Waals surface area contributed by atoms with E-state index in [4.69, 9.17) is 5.73 Å². The van der Waals surface area contributed by atoms with Crippen molar-refractivity contribution in [2.45, 2.75) is 19.1 Å². The molecular formula is C9H8F3NS. The molecule has 0 saturated carbocycles. The SMILES string of the molecule is CC(N)C#Cc1cscc1C(F)(F)F. The zero-order chi connectivity index (χ0) is 10.8. The van der Waals surface area contributed by atoms with Gasteiger partial charge in [-0.1, -0.05) is 11.8 Å². The number of alkyl halides is 3. The average Bonchev–Trinajstić information content (AvgIpc) is 2.46. The predicted molar refractivity (Wildman–Crippen MR) is 49.8 cm³/mol. The fraction of sp³-hybridized carbons (Fsp3) is 0.333. The molecule has 0 aromatic carbocycles. The van der Waals surface area contributed by atoms with E-state index in [1.807, 2.05) is 0 Å². The lowest BCUT2D eigenvalue weighted by molar-refractivity contribution is -0.137. The van der Waals surface area contributed by atoms with Gasteiger partial charge in [0.25, 0.3) is 0 Å². The third-order valence-electron chi connectivity index (χ3n) is 1.40. The van der Waals surface area contributed by atoms with Gasteiger partial charge in [-0.25, -0.2) is 0 Å². The highest BCUT2D eigenvalue weighted by Crippen LogP contribution is 2.33. The Morgan fingerprint density at radius 1 is 1.43 bits per heavy atom. The molecule has 1 nitrogen and oxygen atoms in total. The molecule has 0 fully saturated rings. The molecular weight excluding hydrogens is 211 g/mol. The minimum absolute atomic E-state index is 0.000185. The van der Waals surface area contributed by atoms with E-state index < -0.39 is 17.8 Å². The van der Waals surface area contributed by atoms with Crippen LogP contribution in [0.3, 0.4) is 0 Å². The number of hydrogen-bond acceptors (Lipinski definition) is 2. The molecule has 0 saturated heterocycles. The zero-order valence-electron chi connectivity index (χ0n) is 7.35. The molecule has 0 aliphatic rings. The molecule has 0 spiro atoms. The Morgan fingerprint density at radius 3 is 2.57 bits per heavy atom. The molecule has 14 heavy (non-hydrogen) atoms. The van der Waals surface area contributed by atoms with Gasteiger partial charge in [0.1, 0.15) is 0 Å². The van der Waals surface area contributed by atoms with E-state index in [2.05, 4.69) is 11.8 Å². The summed E-state index contributed by atoms with van der Waals surface area (Å²) in [4.78, 5) is 0. The van der Waals surface area contributed by atoms with Crippen LogP contribution in [-0.4, -0.2) is 6.04 Å². The second-order valence-electron chi connectivity index (χ2n) is 2.75. The highest BCUT2D eigenvalue weighted by molar-refractivity contribution is 7.08. The number of thiophene rings is 1. The molecule has 1 aromatic heterocycles. The van der Waals surface area contributed by atoms with Crippen LogP contribution in [0.1, 0.15) is 18.1 Å². The van der Waals surface area contributed by atoms with Crippen LogP contribution in [0, 0.1) is 11.8 Å². The molecule has 1 aromatic rings. The summed E-state index contributed by atoms with van der Waals surface area (Å²) in [6.45, 7) is 1.62. The summed E-state index contributed by atoms with van der Waals surface area (Å²) in [6, 6.07) is -0.420. The molecule has 2 N–H and O–H groups in total. The lowest BCUT2D eigenvalue weighted by Gasteiger charge is -2.03. The van der Waals surface area contributed by atoms with Crippen LogP contribution >= 0.6 is 11.3 Å². The third kappa shape index (κ3) is 2.76. The van der Waals surface area contributed by atoms with Crippen molar-refractivity contribution < 1.29 is 13.2 Å². The zero-order valence-corrected chi connectivity index (χ0v) is 8.17. The van der Waals surface area contributed by atoms with Gasteiger partial charge in [-0.05, 0) is 6.92 Å². The molecule has 0 aliphatic heterocycles. The molecule has 1 rings (SSSR count). The van der Waals surface area contributed by atoms with Crippen LogP contribution in [0.15, 0.2) is 10.8 Å². The Morgan fingerprint density at radius 2 is 2.07 bits per heavy atom. The van der Waals surface area contributed by atoms with E-state index in [1.54, 1.807) is 6.92 Å². The monoisotopic (exact) mass is 219 g/mol. The molecule has 0 bridgehead atoms.